The van der Waals surface area contributed by atoms with Crippen molar-refractivity contribution < 1.29 is 4.42 Å². The molecule has 1 aliphatic rings. The van der Waals surface area contributed by atoms with Crippen LogP contribution in [0.3, 0.4) is 0 Å². The number of hydrogen-bond acceptors (Lipinski definition) is 2. The second-order valence-corrected chi connectivity index (χ2v) is 12.3. The Balaban J connectivity index is 1.73. The Labute approximate surface area is 164 Å². The van der Waals surface area contributed by atoms with E-state index >= 15 is 0 Å². The topological polar surface area (TPSA) is 26.0 Å². The van der Waals surface area contributed by atoms with Crippen LogP contribution in [0.1, 0.15) is 0 Å². The number of rotatable bonds is 1. The minimum absolute atomic E-state index is 0.936. The van der Waals surface area contributed by atoms with Crippen LogP contribution in [0.25, 0.3) is 44.3 Å². The Hall–Kier alpha value is -3.17. The van der Waals surface area contributed by atoms with Gasteiger partial charge in [0.05, 0.1) is 5.69 Å². The number of nitrogens with zero attached hydrogens (tertiary/aromatic N) is 1. The third-order valence-electron chi connectivity index (χ3n) is 6.12. The van der Waals surface area contributed by atoms with E-state index in [1.807, 2.05) is 24.4 Å². The molecule has 2 aromatic heterocycles. The zero-order valence-electron chi connectivity index (χ0n) is 15.9. The van der Waals surface area contributed by atoms with Gasteiger partial charge < -0.3 is 4.42 Å². The molecule has 3 aromatic carbocycles. The molecule has 0 radical (unpaired) electrons. The highest BCUT2D eigenvalue weighted by Gasteiger charge is 2.40. The van der Waals surface area contributed by atoms with E-state index in [0.717, 1.165) is 22.4 Å². The summed E-state index contributed by atoms with van der Waals surface area (Å²) in [6.45, 7) is 4.87. The van der Waals surface area contributed by atoms with Gasteiger partial charge in [0.2, 0.25) is 0 Å². The normalized spacial score (nSPS) is 14.4. The van der Waals surface area contributed by atoms with Crippen molar-refractivity contribution >= 4 is 40.4 Å². The van der Waals surface area contributed by atoms with Crippen molar-refractivity contribution in [3.8, 4) is 22.4 Å². The van der Waals surface area contributed by atoms with Crippen molar-refractivity contribution in [3.63, 3.8) is 0 Å². The average Bonchev–Trinajstić information content (AvgIpc) is 3.22. The monoisotopic (exact) mass is 377 g/mol. The van der Waals surface area contributed by atoms with Crippen molar-refractivity contribution in [1.82, 2.24) is 4.98 Å². The third-order valence-corrected chi connectivity index (χ3v) is 9.65. The molecule has 5 aromatic rings. The molecule has 3 heterocycles. The van der Waals surface area contributed by atoms with Gasteiger partial charge in [-0.2, -0.15) is 0 Å². The molecule has 6 rings (SSSR count). The van der Waals surface area contributed by atoms with E-state index in [-0.39, 0.29) is 0 Å². The van der Waals surface area contributed by atoms with Crippen LogP contribution in [0.5, 0.6) is 0 Å². The molecular weight excluding hydrogens is 358 g/mol. The summed E-state index contributed by atoms with van der Waals surface area (Å²) in [5.74, 6) is 0. The molecule has 3 heteroatoms. The maximum Gasteiger partial charge on any atom is 0.144 e. The molecule has 0 N–H and O–H groups in total. The Morgan fingerprint density at radius 3 is 2.32 bits per heavy atom. The number of fused-ring (bicyclic) bond motifs is 7. The van der Waals surface area contributed by atoms with Gasteiger partial charge in [-0.15, -0.1) is 0 Å². The summed E-state index contributed by atoms with van der Waals surface area (Å²) in [6.07, 6.45) is 1.83. The van der Waals surface area contributed by atoms with E-state index in [2.05, 4.69) is 72.7 Å². The maximum absolute atomic E-state index is 6.64. The van der Waals surface area contributed by atoms with Crippen LogP contribution in [0, 0.1) is 0 Å². The largest absolute Gasteiger partial charge is 0.455 e. The molecule has 0 saturated carbocycles. The number of para-hydroxylation sites is 1. The van der Waals surface area contributed by atoms with E-state index in [9.17, 15) is 0 Å². The molecule has 0 bridgehead atoms. The fourth-order valence-corrected chi connectivity index (χ4v) is 8.15. The molecule has 0 saturated heterocycles. The minimum Gasteiger partial charge on any atom is -0.455 e. The minimum atomic E-state index is -1.81. The quantitative estimate of drug-likeness (QED) is 0.363. The zero-order valence-corrected chi connectivity index (χ0v) is 16.9. The lowest BCUT2D eigenvalue weighted by molar-refractivity contribution is 0.672. The predicted octanol–water partition coefficient (Wildman–Crippen LogP) is 5.45. The summed E-state index contributed by atoms with van der Waals surface area (Å²) in [6, 6.07) is 25.8. The smallest absolute Gasteiger partial charge is 0.144 e. The predicted molar refractivity (Wildman–Crippen MR) is 119 cm³/mol. The van der Waals surface area contributed by atoms with Gasteiger partial charge in [-0.3, -0.25) is 4.98 Å². The molecule has 1 aliphatic heterocycles. The van der Waals surface area contributed by atoms with Crippen molar-refractivity contribution in [1.29, 1.82) is 0 Å². The Kier molecular flexibility index (Phi) is 3.07. The van der Waals surface area contributed by atoms with Gasteiger partial charge in [-0.25, -0.2) is 0 Å². The van der Waals surface area contributed by atoms with Gasteiger partial charge in [-0.05, 0) is 45.8 Å². The summed E-state index contributed by atoms with van der Waals surface area (Å²) < 4.78 is 6.64. The second-order valence-electron chi connectivity index (χ2n) is 8.03. The Morgan fingerprint density at radius 1 is 0.679 bits per heavy atom. The molecule has 28 heavy (non-hydrogen) atoms. The molecule has 0 fully saturated rings. The molecular formula is C25H19NOSi. The molecule has 0 spiro atoms. The van der Waals surface area contributed by atoms with Gasteiger partial charge in [0, 0.05) is 22.5 Å². The highest BCUT2D eigenvalue weighted by Crippen LogP contribution is 2.38. The second kappa shape index (κ2) is 5.43. The van der Waals surface area contributed by atoms with Gasteiger partial charge in [0.1, 0.15) is 19.2 Å². The lowest BCUT2D eigenvalue weighted by Gasteiger charge is -2.18. The SMILES string of the molecule is C[Si]1(C)c2ccccc2-c2ccc3c(oc4c(-c5ccccn5)cccc43)c21. The fourth-order valence-electron chi connectivity index (χ4n) is 4.83. The molecule has 0 amide bonds. The van der Waals surface area contributed by atoms with E-state index in [1.54, 1.807) is 0 Å². The molecule has 0 unspecified atom stereocenters. The first kappa shape index (κ1) is 15.8. The van der Waals surface area contributed by atoms with Gasteiger partial charge in [0.25, 0.3) is 0 Å². The number of hydrogen-bond donors (Lipinski definition) is 0. The first-order valence-electron chi connectivity index (χ1n) is 9.66. The number of pyridine rings is 1. The van der Waals surface area contributed by atoms with E-state index in [1.165, 1.54) is 32.3 Å². The summed E-state index contributed by atoms with van der Waals surface area (Å²) in [7, 11) is -1.81. The number of furan rings is 1. The van der Waals surface area contributed by atoms with Crippen molar-refractivity contribution in [2.75, 3.05) is 0 Å². The van der Waals surface area contributed by atoms with Crippen molar-refractivity contribution in [3.05, 3.63) is 79.0 Å². The third kappa shape index (κ3) is 1.94. The first-order valence-corrected chi connectivity index (χ1v) is 12.7. The van der Waals surface area contributed by atoms with Crippen LogP contribution in [-0.4, -0.2) is 13.1 Å². The van der Waals surface area contributed by atoms with E-state index in [0.29, 0.717) is 0 Å². The fraction of sp³-hybridized carbons (Fsp3) is 0.0800. The molecule has 134 valence electrons. The van der Waals surface area contributed by atoms with Crippen molar-refractivity contribution in [2.24, 2.45) is 0 Å². The highest BCUT2D eigenvalue weighted by atomic mass is 28.3. The van der Waals surface area contributed by atoms with Gasteiger partial charge in [0.15, 0.2) is 0 Å². The maximum atomic E-state index is 6.64. The van der Waals surface area contributed by atoms with Gasteiger partial charge >= 0.3 is 0 Å². The zero-order chi connectivity index (χ0) is 18.9. The number of benzene rings is 3. The molecule has 0 atom stereocenters. The Morgan fingerprint density at radius 2 is 1.46 bits per heavy atom. The average molecular weight is 378 g/mol. The summed E-state index contributed by atoms with van der Waals surface area (Å²) in [4.78, 5) is 4.55. The highest BCUT2D eigenvalue weighted by molar-refractivity contribution is 7.05. The summed E-state index contributed by atoms with van der Waals surface area (Å²) in [5, 5.41) is 5.30. The standard InChI is InChI=1S/C25H19NOSi/c1-28(2)22-12-4-3-8-16(22)19-14-13-18-17-9-7-10-20(21-11-5-6-15-26-21)23(17)27-24(18)25(19)28/h3-15H,1-2H3. The molecule has 2 nitrogen and oxygen atoms in total. The van der Waals surface area contributed by atoms with Gasteiger partial charge in [-0.1, -0.05) is 61.6 Å². The van der Waals surface area contributed by atoms with Crippen LogP contribution in [0.15, 0.2) is 83.4 Å². The van der Waals surface area contributed by atoms with Crippen LogP contribution < -0.4 is 10.4 Å². The lowest BCUT2D eigenvalue weighted by Crippen LogP contribution is -2.49. The summed E-state index contributed by atoms with van der Waals surface area (Å²) in [5.41, 5.74) is 6.72. The number of aromatic nitrogens is 1. The van der Waals surface area contributed by atoms with E-state index < -0.39 is 8.07 Å². The lowest BCUT2D eigenvalue weighted by atomic mass is 10.0. The Bertz CT molecular complexity index is 1380. The summed E-state index contributed by atoms with van der Waals surface area (Å²) >= 11 is 0. The van der Waals surface area contributed by atoms with Crippen LogP contribution in [0.4, 0.5) is 0 Å². The van der Waals surface area contributed by atoms with Crippen molar-refractivity contribution in [2.45, 2.75) is 13.1 Å². The molecule has 0 aliphatic carbocycles. The van der Waals surface area contributed by atoms with Crippen LogP contribution in [-0.2, 0) is 0 Å². The van der Waals surface area contributed by atoms with Crippen LogP contribution in [0.2, 0.25) is 13.1 Å². The van der Waals surface area contributed by atoms with Crippen LogP contribution >= 0.6 is 0 Å². The first-order chi connectivity index (χ1) is 13.7. The van der Waals surface area contributed by atoms with E-state index in [4.69, 9.17) is 4.42 Å².